The molecule has 0 unspecified atom stereocenters. The van der Waals surface area contributed by atoms with E-state index in [4.69, 9.17) is 9.47 Å². The molecule has 0 fully saturated rings. The highest BCUT2D eigenvalue weighted by atomic mass is 32.2. The molecular formula is C19H20N2O5S. The third kappa shape index (κ3) is 3.26. The van der Waals surface area contributed by atoms with Crippen LogP contribution < -0.4 is 19.5 Å². The Morgan fingerprint density at radius 3 is 2.63 bits per heavy atom. The van der Waals surface area contributed by atoms with Gasteiger partial charge in [-0.1, -0.05) is 6.07 Å². The quantitative estimate of drug-likeness (QED) is 0.840. The number of fused-ring (bicyclic) bond motifs is 2. The number of hydrogen-bond donors (Lipinski definition) is 2. The number of rotatable bonds is 4. The first kappa shape index (κ1) is 17.8. The Morgan fingerprint density at radius 1 is 1.11 bits per heavy atom. The first-order valence-electron chi connectivity index (χ1n) is 8.72. The fraction of sp³-hybridized carbons (Fsp3) is 0.316. The van der Waals surface area contributed by atoms with Gasteiger partial charge < -0.3 is 14.8 Å². The molecule has 4 rings (SSSR count). The largest absolute Gasteiger partial charge is 0.486 e. The van der Waals surface area contributed by atoms with Crippen molar-refractivity contribution in [3.63, 3.8) is 0 Å². The lowest BCUT2D eigenvalue weighted by Crippen LogP contribution is -2.27. The summed E-state index contributed by atoms with van der Waals surface area (Å²) in [5.41, 5.74) is 2.12. The van der Waals surface area contributed by atoms with Crippen molar-refractivity contribution in [1.82, 2.24) is 4.72 Å². The molecule has 0 spiro atoms. The number of benzene rings is 2. The second kappa shape index (κ2) is 6.54. The number of carbonyl (C=O) groups is 1. The molecule has 2 N–H and O–H groups in total. The van der Waals surface area contributed by atoms with Gasteiger partial charge in [-0.25, -0.2) is 13.1 Å². The van der Waals surface area contributed by atoms with Gasteiger partial charge in [-0.05, 0) is 55.3 Å². The van der Waals surface area contributed by atoms with Crippen LogP contribution in [0.1, 0.15) is 36.9 Å². The van der Waals surface area contributed by atoms with Crippen molar-refractivity contribution in [2.45, 2.75) is 30.7 Å². The summed E-state index contributed by atoms with van der Waals surface area (Å²) < 4.78 is 39.4. The number of hydrogen-bond acceptors (Lipinski definition) is 5. The maximum Gasteiger partial charge on any atom is 0.241 e. The monoisotopic (exact) mass is 388 g/mol. The summed E-state index contributed by atoms with van der Waals surface area (Å²) in [4.78, 5) is 11.9. The molecular weight excluding hydrogens is 368 g/mol. The molecule has 0 saturated carbocycles. The summed E-state index contributed by atoms with van der Waals surface area (Å²) in [5, 5.41) is 2.74. The van der Waals surface area contributed by atoms with Gasteiger partial charge in [0, 0.05) is 11.7 Å². The molecule has 8 heteroatoms. The van der Waals surface area contributed by atoms with E-state index in [1.54, 1.807) is 38.1 Å². The van der Waals surface area contributed by atoms with Crippen molar-refractivity contribution in [2.75, 3.05) is 18.5 Å². The van der Waals surface area contributed by atoms with Crippen LogP contribution in [-0.4, -0.2) is 27.5 Å². The van der Waals surface area contributed by atoms with Gasteiger partial charge in [0.1, 0.15) is 13.2 Å². The maximum absolute atomic E-state index is 12.8. The molecule has 1 amide bonds. The fourth-order valence-corrected chi connectivity index (χ4v) is 4.53. The second-order valence-corrected chi connectivity index (χ2v) is 8.42. The van der Waals surface area contributed by atoms with Crippen LogP contribution in [0.25, 0.3) is 0 Å². The Kier molecular flexibility index (Phi) is 4.32. The minimum absolute atomic E-state index is 0.128. The Hall–Kier alpha value is -2.58. The van der Waals surface area contributed by atoms with E-state index >= 15 is 0 Å². The average Bonchev–Trinajstić information content (AvgIpc) is 2.94. The minimum atomic E-state index is -3.75. The van der Waals surface area contributed by atoms with Crippen molar-refractivity contribution in [1.29, 1.82) is 0 Å². The van der Waals surface area contributed by atoms with E-state index in [1.807, 2.05) is 6.07 Å². The lowest BCUT2D eigenvalue weighted by molar-refractivity contribution is -0.116. The molecule has 7 nitrogen and oxygen atoms in total. The first-order valence-corrected chi connectivity index (χ1v) is 10.2. The predicted octanol–water partition coefficient (Wildman–Crippen LogP) is 2.55. The zero-order valence-corrected chi connectivity index (χ0v) is 15.8. The maximum atomic E-state index is 12.8. The summed E-state index contributed by atoms with van der Waals surface area (Å²) in [5.74, 6) is 0.771. The van der Waals surface area contributed by atoms with Gasteiger partial charge in [0.2, 0.25) is 15.9 Å². The van der Waals surface area contributed by atoms with Gasteiger partial charge in [-0.15, -0.1) is 0 Å². The van der Waals surface area contributed by atoms with Crippen molar-refractivity contribution in [3.8, 4) is 11.5 Å². The normalized spacial score (nSPS) is 19.3. The predicted molar refractivity (Wildman–Crippen MR) is 99.7 cm³/mol. The lowest BCUT2D eigenvalue weighted by atomic mass is 10.0. The minimum Gasteiger partial charge on any atom is -0.486 e. The van der Waals surface area contributed by atoms with Crippen LogP contribution in [0.4, 0.5) is 5.69 Å². The van der Waals surface area contributed by atoms with Crippen LogP contribution in [0.2, 0.25) is 0 Å². The molecule has 2 atom stereocenters. The molecule has 142 valence electrons. The van der Waals surface area contributed by atoms with E-state index in [2.05, 4.69) is 10.0 Å². The number of nitrogens with one attached hydrogen (secondary N) is 2. The Bertz CT molecular complexity index is 1020. The molecule has 2 aromatic rings. The van der Waals surface area contributed by atoms with Crippen LogP contribution in [0.3, 0.4) is 0 Å². The smallest absolute Gasteiger partial charge is 0.241 e. The average molecular weight is 388 g/mol. The van der Waals surface area contributed by atoms with Crippen LogP contribution in [0.5, 0.6) is 11.5 Å². The Labute approximate surface area is 157 Å². The van der Waals surface area contributed by atoms with E-state index in [1.165, 1.54) is 6.07 Å². The zero-order chi connectivity index (χ0) is 19.2. The van der Waals surface area contributed by atoms with E-state index in [0.29, 0.717) is 36.0 Å². The SMILES string of the molecule is C[C@H](NS(=O)(=O)c1ccc2c(c1)[C@H](C)C(=O)N2)c1ccc2c(c1)OCCO2. The Balaban J connectivity index is 1.58. The summed E-state index contributed by atoms with van der Waals surface area (Å²) in [6, 6.07) is 9.59. The van der Waals surface area contributed by atoms with Crippen LogP contribution in [0.15, 0.2) is 41.3 Å². The van der Waals surface area contributed by atoms with E-state index in [9.17, 15) is 13.2 Å². The molecule has 0 aliphatic carbocycles. The summed E-state index contributed by atoms with van der Waals surface area (Å²) in [6.07, 6.45) is 0. The number of anilines is 1. The molecule has 2 aromatic carbocycles. The lowest BCUT2D eigenvalue weighted by Gasteiger charge is -2.21. The van der Waals surface area contributed by atoms with Gasteiger partial charge in [-0.2, -0.15) is 0 Å². The van der Waals surface area contributed by atoms with Gasteiger partial charge in [0.15, 0.2) is 11.5 Å². The molecule has 0 saturated heterocycles. The first-order chi connectivity index (χ1) is 12.8. The van der Waals surface area contributed by atoms with Crippen molar-refractivity contribution >= 4 is 21.6 Å². The van der Waals surface area contributed by atoms with E-state index < -0.39 is 16.1 Å². The summed E-state index contributed by atoms with van der Waals surface area (Å²) in [7, 11) is -3.75. The topological polar surface area (TPSA) is 93.7 Å². The zero-order valence-electron chi connectivity index (χ0n) is 15.0. The van der Waals surface area contributed by atoms with Crippen molar-refractivity contribution < 1.29 is 22.7 Å². The molecule has 2 aliphatic heterocycles. The molecule has 2 heterocycles. The number of carbonyl (C=O) groups excluding carboxylic acids is 1. The summed E-state index contributed by atoms with van der Waals surface area (Å²) in [6.45, 7) is 4.49. The van der Waals surface area contributed by atoms with E-state index in [0.717, 1.165) is 5.56 Å². The standard InChI is InChI=1S/C19H20N2O5S/c1-11-15-10-14(4-5-16(15)20-19(11)22)27(23,24)21-12(2)13-3-6-17-18(9-13)26-8-7-25-17/h3-6,9-12,21H,7-8H2,1-2H3,(H,20,22)/t11-,12-/m0/s1. The van der Waals surface area contributed by atoms with Crippen LogP contribution in [-0.2, 0) is 14.8 Å². The highest BCUT2D eigenvalue weighted by Crippen LogP contribution is 2.35. The third-order valence-corrected chi connectivity index (χ3v) is 6.39. The molecule has 0 aromatic heterocycles. The van der Waals surface area contributed by atoms with Crippen LogP contribution >= 0.6 is 0 Å². The number of ether oxygens (including phenoxy) is 2. The Morgan fingerprint density at radius 2 is 1.85 bits per heavy atom. The second-order valence-electron chi connectivity index (χ2n) is 6.71. The summed E-state index contributed by atoms with van der Waals surface area (Å²) >= 11 is 0. The van der Waals surface area contributed by atoms with Gasteiger partial charge in [0.25, 0.3) is 0 Å². The fourth-order valence-electron chi connectivity index (χ4n) is 3.26. The number of amides is 1. The van der Waals surface area contributed by atoms with Gasteiger partial charge in [-0.3, -0.25) is 4.79 Å². The molecule has 2 aliphatic rings. The van der Waals surface area contributed by atoms with Gasteiger partial charge in [0.05, 0.1) is 10.8 Å². The molecule has 0 radical (unpaired) electrons. The van der Waals surface area contributed by atoms with Crippen LogP contribution in [0, 0.1) is 0 Å². The van der Waals surface area contributed by atoms with Gasteiger partial charge >= 0.3 is 0 Å². The molecule has 0 bridgehead atoms. The molecule has 27 heavy (non-hydrogen) atoms. The van der Waals surface area contributed by atoms with Crippen molar-refractivity contribution in [2.24, 2.45) is 0 Å². The van der Waals surface area contributed by atoms with Crippen molar-refractivity contribution in [3.05, 3.63) is 47.5 Å². The number of sulfonamides is 1. The highest BCUT2D eigenvalue weighted by molar-refractivity contribution is 7.89. The van der Waals surface area contributed by atoms with E-state index in [-0.39, 0.29) is 16.7 Å². The highest BCUT2D eigenvalue weighted by Gasteiger charge is 2.29. The third-order valence-electron chi connectivity index (χ3n) is 4.85.